The van der Waals surface area contributed by atoms with Crippen LogP contribution in [0.2, 0.25) is 0 Å². The van der Waals surface area contributed by atoms with Crippen LogP contribution in [0.4, 0.5) is 13.2 Å². The molecular formula is C19H19F3N2O4. The van der Waals surface area contributed by atoms with Gasteiger partial charge in [0.15, 0.2) is 18.1 Å². The van der Waals surface area contributed by atoms with E-state index in [4.69, 9.17) is 9.47 Å². The number of hydrogen-bond donors (Lipinski definition) is 0. The van der Waals surface area contributed by atoms with Gasteiger partial charge < -0.3 is 19.1 Å². The number of alkyl halides is 3. The summed E-state index contributed by atoms with van der Waals surface area (Å²) in [6.07, 6.45) is -2.57. The van der Waals surface area contributed by atoms with E-state index in [9.17, 15) is 18.0 Å². The van der Waals surface area contributed by atoms with Crippen LogP contribution < -0.4 is 14.2 Å². The maximum atomic E-state index is 12.7. The minimum Gasteiger partial charge on any atom is -0.493 e. The topological polar surface area (TPSA) is 60.9 Å². The summed E-state index contributed by atoms with van der Waals surface area (Å²) in [6.45, 7) is -0.532. The molecule has 0 spiro atoms. The maximum absolute atomic E-state index is 12.7. The number of amides is 1. The molecule has 0 saturated heterocycles. The number of hydrogen-bond acceptors (Lipinski definition) is 5. The molecule has 9 heteroatoms. The number of methoxy groups -OCH3 is 2. The summed E-state index contributed by atoms with van der Waals surface area (Å²) in [5, 5.41) is 0. The number of aromatic nitrogens is 1. The van der Waals surface area contributed by atoms with Gasteiger partial charge in [0.1, 0.15) is 0 Å². The maximum Gasteiger partial charge on any atom is 0.422 e. The van der Waals surface area contributed by atoms with Crippen molar-refractivity contribution in [1.29, 1.82) is 0 Å². The lowest BCUT2D eigenvalue weighted by Gasteiger charge is -2.29. The zero-order valence-corrected chi connectivity index (χ0v) is 15.4. The molecular weight excluding hydrogens is 377 g/mol. The van der Waals surface area contributed by atoms with Crippen molar-refractivity contribution in [2.24, 2.45) is 0 Å². The van der Waals surface area contributed by atoms with E-state index < -0.39 is 12.8 Å². The second kappa shape index (κ2) is 7.95. The zero-order chi connectivity index (χ0) is 20.3. The predicted molar refractivity (Wildman–Crippen MR) is 93.8 cm³/mol. The van der Waals surface area contributed by atoms with Gasteiger partial charge in [0.25, 0.3) is 5.91 Å². The smallest absolute Gasteiger partial charge is 0.422 e. The van der Waals surface area contributed by atoms with Crippen LogP contribution in [0, 0.1) is 0 Å². The van der Waals surface area contributed by atoms with Crippen LogP contribution in [-0.2, 0) is 13.0 Å². The van der Waals surface area contributed by atoms with E-state index in [-0.39, 0.29) is 17.4 Å². The third kappa shape index (κ3) is 4.47. The summed E-state index contributed by atoms with van der Waals surface area (Å²) in [7, 11) is 3.11. The summed E-state index contributed by atoms with van der Waals surface area (Å²) in [4.78, 5) is 18.2. The lowest BCUT2D eigenvalue weighted by atomic mass is 9.98. The van der Waals surface area contributed by atoms with Crippen LogP contribution in [0.5, 0.6) is 17.4 Å². The molecule has 1 aromatic carbocycles. The Hall–Kier alpha value is -2.97. The highest BCUT2D eigenvalue weighted by Gasteiger charge is 2.29. The van der Waals surface area contributed by atoms with Gasteiger partial charge in [-0.2, -0.15) is 13.2 Å². The van der Waals surface area contributed by atoms with E-state index in [1.165, 1.54) is 18.3 Å². The van der Waals surface area contributed by atoms with Gasteiger partial charge in [-0.3, -0.25) is 4.79 Å². The SMILES string of the molecule is COc1cc2c(cc1OC)CN(C(=O)c1ccc(OCC(F)(F)F)nc1)CC2. The molecule has 0 unspecified atom stereocenters. The van der Waals surface area contributed by atoms with Crippen LogP contribution in [0.15, 0.2) is 30.5 Å². The lowest BCUT2D eigenvalue weighted by Crippen LogP contribution is -2.36. The molecule has 1 aliphatic rings. The van der Waals surface area contributed by atoms with Crippen molar-refractivity contribution < 1.29 is 32.2 Å². The molecule has 1 aromatic heterocycles. The molecule has 0 fully saturated rings. The third-order valence-corrected chi connectivity index (χ3v) is 4.37. The molecule has 2 heterocycles. The largest absolute Gasteiger partial charge is 0.493 e. The Kier molecular flexibility index (Phi) is 5.62. The molecule has 0 aliphatic carbocycles. The van der Waals surface area contributed by atoms with Crippen LogP contribution in [0.25, 0.3) is 0 Å². The highest BCUT2D eigenvalue weighted by molar-refractivity contribution is 5.94. The summed E-state index contributed by atoms with van der Waals surface area (Å²) in [5.41, 5.74) is 2.31. The first-order valence-electron chi connectivity index (χ1n) is 8.49. The van der Waals surface area contributed by atoms with Gasteiger partial charge in [-0.05, 0) is 35.7 Å². The zero-order valence-electron chi connectivity index (χ0n) is 15.4. The number of carbonyl (C=O) groups is 1. The predicted octanol–water partition coefficient (Wildman–Crippen LogP) is 3.24. The first kappa shape index (κ1) is 19.8. The van der Waals surface area contributed by atoms with Crippen molar-refractivity contribution in [2.75, 3.05) is 27.4 Å². The number of halogens is 3. The number of rotatable bonds is 5. The third-order valence-electron chi connectivity index (χ3n) is 4.37. The number of ether oxygens (including phenoxy) is 3. The minimum absolute atomic E-state index is 0.185. The van der Waals surface area contributed by atoms with Crippen molar-refractivity contribution in [3.8, 4) is 17.4 Å². The van der Waals surface area contributed by atoms with Gasteiger partial charge in [0.2, 0.25) is 5.88 Å². The minimum atomic E-state index is -4.44. The van der Waals surface area contributed by atoms with E-state index >= 15 is 0 Å². The fourth-order valence-corrected chi connectivity index (χ4v) is 2.99. The molecule has 0 bridgehead atoms. The summed E-state index contributed by atoms with van der Waals surface area (Å²) >= 11 is 0. The first-order valence-corrected chi connectivity index (χ1v) is 8.49. The van der Waals surface area contributed by atoms with Crippen LogP contribution >= 0.6 is 0 Å². The van der Waals surface area contributed by atoms with Gasteiger partial charge >= 0.3 is 6.18 Å². The average Bonchev–Trinajstić information content (AvgIpc) is 2.70. The van der Waals surface area contributed by atoms with Crippen molar-refractivity contribution in [1.82, 2.24) is 9.88 Å². The van der Waals surface area contributed by atoms with Crippen LogP contribution in [0.1, 0.15) is 21.5 Å². The van der Waals surface area contributed by atoms with E-state index in [0.717, 1.165) is 11.1 Å². The Labute approximate surface area is 159 Å². The number of nitrogens with zero attached hydrogens (tertiary/aromatic N) is 2. The van der Waals surface area contributed by atoms with Gasteiger partial charge in [0, 0.05) is 25.4 Å². The van der Waals surface area contributed by atoms with E-state index in [2.05, 4.69) is 9.72 Å². The number of fused-ring (bicyclic) bond motifs is 1. The number of pyridine rings is 1. The average molecular weight is 396 g/mol. The molecule has 0 N–H and O–H groups in total. The molecule has 2 aromatic rings. The van der Waals surface area contributed by atoms with Gasteiger partial charge in [-0.15, -0.1) is 0 Å². The molecule has 0 saturated carbocycles. The molecule has 0 radical (unpaired) electrons. The quantitative estimate of drug-likeness (QED) is 0.777. The Morgan fingerprint density at radius 1 is 1.14 bits per heavy atom. The number of carbonyl (C=O) groups excluding carboxylic acids is 1. The van der Waals surface area contributed by atoms with Gasteiger partial charge in [0.05, 0.1) is 19.8 Å². The fraction of sp³-hybridized carbons (Fsp3) is 0.368. The molecule has 1 aliphatic heterocycles. The molecule has 0 atom stereocenters. The van der Waals surface area contributed by atoms with Crippen molar-refractivity contribution in [2.45, 2.75) is 19.1 Å². The van der Waals surface area contributed by atoms with Crippen LogP contribution in [-0.4, -0.2) is 49.3 Å². The Morgan fingerprint density at radius 2 is 1.82 bits per heavy atom. The Balaban J connectivity index is 1.70. The second-order valence-electron chi connectivity index (χ2n) is 6.24. The standard InChI is InChI=1S/C19H19F3N2O4/c1-26-15-7-12-5-6-24(10-14(12)8-16(15)27-2)18(25)13-3-4-17(23-9-13)28-11-19(20,21)22/h3-4,7-9H,5-6,10-11H2,1-2H3. The van der Waals surface area contributed by atoms with E-state index in [1.807, 2.05) is 12.1 Å². The Bertz CT molecular complexity index is 853. The fourth-order valence-electron chi connectivity index (χ4n) is 2.99. The second-order valence-corrected chi connectivity index (χ2v) is 6.24. The summed E-state index contributed by atoms with van der Waals surface area (Å²) in [6, 6.07) is 6.42. The van der Waals surface area contributed by atoms with Gasteiger partial charge in [-0.25, -0.2) is 4.98 Å². The van der Waals surface area contributed by atoms with E-state index in [1.54, 1.807) is 19.1 Å². The van der Waals surface area contributed by atoms with Crippen molar-refractivity contribution in [3.63, 3.8) is 0 Å². The van der Waals surface area contributed by atoms with Crippen molar-refractivity contribution in [3.05, 3.63) is 47.2 Å². The van der Waals surface area contributed by atoms with Crippen molar-refractivity contribution >= 4 is 5.91 Å². The monoisotopic (exact) mass is 396 g/mol. The first-order chi connectivity index (χ1) is 13.3. The summed E-state index contributed by atoms with van der Waals surface area (Å²) in [5.74, 6) is 0.785. The van der Waals surface area contributed by atoms with E-state index in [0.29, 0.717) is 31.0 Å². The van der Waals surface area contributed by atoms with Gasteiger partial charge in [-0.1, -0.05) is 0 Å². The lowest BCUT2D eigenvalue weighted by molar-refractivity contribution is -0.154. The highest BCUT2D eigenvalue weighted by atomic mass is 19.4. The highest BCUT2D eigenvalue weighted by Crippen LogP contribution is 2.33. The molecule has 150 valence electrons. The Morgan fingerprint density at radius 3 is 2.39 bits per heavy atom. The summed E-state index contributed by atoms with van der Waals surface area (Å²) < 4.78 is 51.7. The molecule has 6 nitrogen and oxygen atoms in total. The molecule has 3 rings (SSSR count). The number of benzene rings is 1. The van der Waals surface area contributed by atoms with Crippen LogP contribution in [0.3, 0.4) is 0 Å². The molecule has 28 heavy (non-hydrogen) atoms. The molecule has 1 amide bonds. The normalized spacial score (nSPS) is 13.7.